The molecule has 1 saturated heterocycles. The van der Waals surface area contributed by atoms with Gasteiger partial charge in [0.1, 0.15) is 5.69 Å². The molecule has 1 unspecified atom stereocenters. The summed E-state index contributed by atoms with van der Waals surface area (Å²) >= 11 is 0. The van der Waals surface area contributed by atoms with Gasteiger partial charge in [-0.15, -0.1) is 0 Å². The lowest BCUT2D eigenvalue weighted by Crippen LogP contribution is -2.30. The maximum Gasteiger partial charge on any atom is 0.272 e. The topological polar surface area (TPSA) is 62.3 Å². The van der Waals surface area contributed by atoms with Gasteiger partial charge >= 0.3 is 0 Å². The zero-order chi connectivity index (χ0) is 16.8. The molecule has 0 saturated carbocycles. The summed E-state index contributed by atoms with van der Waals surface area (Å²) in [4.78, 5) is 30.3. The second-order valence-electron chi connectivity index (χ2n) is 6.03. The highest BCUT2D eigenvalue weighted by Gasteiger charge is 2.27. The second-order valence-corrected chi connectivity index (χ2v) is 6.03. The third kappa shape index (κ3) is 3.98. The molecule has 1 aromatic heterocycles. The molecule has 1 aromatic carbocycles. The molecule has 24 heavy (non-hydrogen) atoms. The average Bonchev–Trinajstić information content (AvgIpc) is 3.11. The van der Waals surface area contributed by atoms with Gasteiger partial charge in [0, 0.05) is 31.4 Å². The van der Waals surface area contributed by atoms with Crippen molar-refractivity contribution in [3.05, 3.63) is 66.0 Å². The number of likely N-dealkylation sites (tertiary alicyclic amines) is 1. The normalized spacial score (nSPS) is 16.8. The Morgan fingerprint density at radius 3 is 2.67 bits per heavy atom. The largest absolute Gasteiger partial charge is 0.352 e. The molecule has 0 spiro atoms. The lowest BCUT2D eigenvalue weighted by Gasteiger charge is -2.16. The highest BCUT2D eigenvalue weighted by atomic mass is 16.2. The number of rotatable bonds is 5. The van der Waals surface area contributed by atoms with Crippen molar-refractivity contribution < 1.29 is 9.59 Å². The fourth-order valence-corrected chi connectivity index (χ4v) is 2.99. The van der Waals surface area contributed by atoms with Crippen LogP contribution in [0, 0.1) is 5.92 Å². The lowest BCUT2D eigenvalue weighted by molar-refractivity contribution is 0.0779. The standard InChI is InChI=1S/C19H21N3O2/c23-18(16-6-2-1-3-7-16)21-12-9-15-10-13-22(14-15)19(24)17-8-4-5-11-20-17/h1-8,11,15H,9-10,12-14H2,(H,21,23). The number of benzene rings is 1. The van der Waals surface area contributed by atoms with Crippen LogP contribution in [0.2, 0.25) is 0 Å². The van der Waals surface area contributed by atoms with Crippen LogP contribution >= 0.6 is 0 Å². The lowest BCUT2D eigenvalue weighted by atomic mass is 10.1. The third-order valence-corrected chi connectivity index (χ3v) is 4.33. The molecule has 1 N–H and O–H groups in total. The van der Waals surface area contributed by atoms with Crippen molar-refractivity contribution in [1.82, 2.24) is 15.2 Å². The predicted octanol–water partition coefficient (Wildman–Crippen LogP) is 2.36. The molecule has 2 heterocycles. The van der Waals surface area contributed by atoms with Gasteiger partial charge in [0.25, 0.3) is 11.8 Å². The maximum atomic E-state index is 12.4. The van der Waals surface area contributed by atoms with Crippen molar-refractivity contribution in [3.63, 3.8) is 0 Å². The van der Waals surface area contributed by atoms with E-state index >= 15 is 0 Å². The highest BCUT2D eigenvalue weighted by Crippen LogP contribution is 2.20. The van der Waals surface area contributed by atoms with Crippen LogP contribution < -0.4 is 5.32 Å². The van der Waals surface area contributed by atoms with Gasteiger partial charge in [-0.1, -0.05) is 24.3 Å². The van der Waals surface area contributed by atoms with E-state index in [1.807, 2.05) is 29.2 Å². The molecule has 1 aliphatic heterocycles. The summed E-state index contributed by atoms with van der Waals surface area (Å²) < 4.78 is 0. The minimum Gasteiger partial charge on any atom is -0.352 e. The van der Waals surface area contributed by atoms with E-state index in [9.17, 15) is 9.59 Å². The van der Waals surface area contributed by atoms with Crippen molar-refractivity contribution in [3.8, 4) is 0 Å². The molecule has 0 radical (unpaired) electrons. The van der Waals surface area contributed by atoms with E-state index in [1.165, 1.54) is 0 Å². The van der Waals surface area contributed by atoms with Gasteiger partial charge in [-0.3, -0.25) is 14.6 Å². The number of nitrogens with one attached hydrogen (secondary N) is 1. The molecule has 5 nitrogen and oxygen atoms in total. The molecule has 124 valence electrons. The van der Waals surface area contributed by atoms with E-state index in [0.717, 1.165) is 25.9 Å². The Kier molecular flexibility index (Phi) is 5.21. The monoisotopic (exact) mass is 323 g/mol. The van der Waals surface area contributed by atoms with Gasteiger partial charge < -0.3 is 10.2 Å². The van der Waals surface area contributed by atoms with Crippen LogP contribution in [0.4, 0.5) is 0 Å². The summed E-state index contributed by atoms with van der Waals surface area (Å²) in [6.45, 7) is 2.12. The molecule has 1 atom stereocenters. The molecule has 5 heteroatoms. The first-order chi connectivity index (χ1) is 11.7. The van der Waals surface area contributed by atoms with Crippen LogP contribution in [0.15, 0.2) is 54.7 Å². The van der Waals surface area contributed by atoms with Crippen LogP contribution in [0.1, 0.15) is 33.7 Å². The SMILES string of the molecule is O=C(NCCC1CCN(C(=O)c2ccccn2)C1)c1ccccc1. The van der Waals surface area contributed by atoms with E-state index in [2.05, 4.69) is 10.3 Å². The van der Waals surface area contributed by atoms with Crippen molar-refractivity contribution in [1.29, 1.82) is 0 Å². The predicted molar refractivity (Wildman–Crippen MR) is 91.6 cm³/mol. The second kappa shape index (κ2) is 7.73. The molecular weight excluding hydrogens is 302 g/mol. The molecule has 1 aliphatic rings. The third-order valence-electron chi connectivity index (χ3n) is 4.33. The number of nitrogens with zero attached hydrogens (tertiary/aromatic N) is 2. The van der Waals surface area contributed by atoms with Crippen molar-refractivity contribution in [2.45, 2.75) is 12.8 Å². The molecule has 3 rings (SSSR count). The number of pyridine rings is 1. The van der Waals surface area contributed by atoms with Crippen molar-refractivity contribution in [2.24, 2.45) is 5.92 Å². The first-order valence-corrected chi connectivity index (χ1v) is 8.27. The van der Waals surface area contributed by atoms with Gasteiger partial charge in [0.15, 0.2) is 0 Å². The van der Waals surface area contributed by atoms with Gasteiger partial charge in [-0.2, -0.15) is 0 Å². The Morgan fingerprint density at radius 1 is 1.12 bits per heavy atom. The minimum absolute atomic E-state index is 0.00794. The minimum atomic E-state index is -0.0463. The Hall–Kier alpha value is -2.69. The summed E-state index contributed by atoms with van der Waals surface area (Å²) in [6, 6.07) is 14.6. The van der Waals surface area contributed by atoms with Gasteiger partial charge in [0.2, 0.25) is 0 Å². The van der Waals surface area contributed by atoms with Gasteiger partial charge in [-0.05, 0) is 43.0 Å². The van der Waals surface area contributed by atoms with E-state index in [-0.39, 0.29) is 11.8 Å². The fourth-order valence-electron chi connectivity index (χ4n) is 2.99. The van der Waals surface area contributed by atoms with Gasteiger partial charge in [-0.25, -0.2) is 0 Å². The number of hydrogen-bond donors (Lipinski definition) is 1. The summed E-state index contributed by atoms with van der Waals surface area (Å²) in [5, 5.41) is 2.95. The quantitative estimate of drug-likeness (QED) is 0.919. The highest BCUT2D eigenvalue weighted by molar-refractivity contribution is 5.94. The molecule has 0 bridgehead atoms. The number of amides is 2. The van der Waals surface area contributed by atoms with E-state index < -0.39 is 0 Å². The smallest absolute Gasteiger partial charge is 0.272 e. The number of carbonyl (C=O) groups is 2. The number of aromatic nitrogens is 1. The van der Waals surface area contributed by atoms with E-state index in [4.69, 9.17) is 0 Å². The average molecular weight is 323 g/mol. The summed E-state index contributed by atoms with van der Waals surface area (Å²) in [5.41, 5.74) is 1.17. The Bertz CT molecular complexity index is 688. The van der Waals surface area contributed by atoms with Crippen molar-refractivity contribution in [2.75, 3.05) is 19.6 Å². The Labute approximate surface area is 141 Å². The zero-order valence-corrected chi connectivity index (χ0v) is 13.5. The number of hydrogen-bond acceptors (Lipinski definition) is 3. The fraction of sp³-hybridized carbons (Fsp3) is 0.316. The van der Waals surface area contributed by atoms with Crippen LogP contribution in [-0.2, 0) is 0 Å². The Morgan fingerprint density at radius 2 is 1.92 bits per heavy atom. The van der Waals surface area contributed by atoms with Crippen molar-refractivity contribution >= 4 is 11.8 Å². The van der Waals surface area contributed by atoms with E-state index in [1.54, 1.807) is 30.5 Å². The van der Waals surface area contributed by atoms with Crippen LogP contribution in [0.5, 0.6) is 0 Å². The number of carbonyl (C=O) groups excluding carboxylic acids is 2. The molecule has 0 aliphatic carbocycles. The van der Waals surface area contributed by atoms with Gasteiger partial charge in [0.05, 0.1) is 0 Å². The van der Waals surface area contributed by atoms with E-state index in [0.29, 0.717) is 23.7 Å². The molecule has 2 amide bonds. The summed E-state index contributed by atoms with van der Waals surface area (Å²) in [7, 11) is 0. The summed E-state index contributed by atoms with van der Waals surface area (Å²) in [5.74, 6) is 0.371. The zero-order valence-electron chi connectivity index (χ0n) is 13.5. The summed E-state index contributed by atoms with van der Waals surface area (Å²) in [6.07, 6.45) is 3.49. The Balaban J connectivity index is 1.43. The molecular formula is C19H21N3O2. The van der Waals surface area contributed by atoms with Crippen LogP contribution in [0.3, 0.4) is 0 Å². The molecule has 2 aromatic rings. The van der Waals surface area contributed by atoms with Crippen LogP contribution in [0.25, 0.3) is 0 Å². The maximum absolute atomic E-state index is 12.4. The first-order valence-electron chi connectivity index (χ1n) is 8.27. The first kappa shape index (κ1) is 16.2. The molecule has 1 fully saturated rings. The van der Waals surface area contributed by atoms with Crippen LogP contribution in [-0.4, -0.2) is 41.3 Å².